The lowest BCUT2D eigenvalue weighted by Crippen LogP contribution is -2.39. The highest BCUT2D eigenvalue weighted by Crippen LogP contribution is 1.97. The number of amides is 1. The molecule has 124 valence electrons. The summed E-state index contributed by atoms with van der Waals surface area (Å²) in [4.78, 5) is 17.4. The van der Waals surface area contributed by atoms with Gasteiger partial charge in [-0.25, -0.2) is 4.99 Å². The fourth-order valence-corrected chi connectivity index (χ4v) is 1.77. The van der Waals surface area contributed by atoms with Crippen LogP contribution < -0.4 is 10.6 Å². The number of rotatable bonds is 9. The van der Waals surface area contributed by atoms with Crippen LogP contribution in [0.3, 0.4) is 0 Å². The number of guanidine groups is 1. The van der Waals surface area contributed by atoms with E-state index in [0.717, 1.165) is 18.5 Å². The lowest BCUT2D eigenvalue weighted by Gasteiger charge is -2.13. The van der Waals surface area contributed by atoms with Crippen LogP contribution in [0.25, 0.3) is 0 Å². The predicted molar refractivity (Wildman–Crippen MR) is 105 cm³/mol. The van der Waals surface area contributed by atoms with Crippen molar-refractivity contribution in [3.63, 3.8) is 0 Å². The molecule has 7 heteroatoms. The molecule has 0 aromatic carbocycles. The molecule has 1 amide bonds. The topological polar surface area (TPSA) is 56.7 Å². The third-order valence-corrected chi connectivity index (χ3v) is 3.19. The Morgan fingerprint density at radius 1 is 1.29 bits per heavy atom. The van der Waals surface area contributed by atoms with Gasteiger partial charge in [0.25, 0.3) is 0 Å². The maximum absolute atomic E-state index is 11.5. The number of nitrogens with one attached hydrogen (secondary N) is 2. The minimum atomic E-state index is -0.0104. The third-order valence-electron chi connectivity index (χ3n) is 2.50. The Morgan fingerprint density at radius 3 is 2.48 bits per heavy atom. The molecular formula is C14H29IN4OS. The van der Waals surface area contributed by atoms with Crippen LogP contribution >= 0.6 is 35.7 Å². The molecule has 0 aliphatic rings. The number of aliphatic imine (C=N–C) groups is 1. The van der Waals surface area contributed by atoms with Gasteiger partial charge in [0, 0.05) is 27.2 Å². The molecule has 0 aromatic heterocycles. The van der Waals surface area contributed by atoms with Gasteiger partial charge >= 0.3 is 0 Å². The van der Waals surface area contributed by atoms with E-state index < -0.39 is 0 Å². The van der Waals surface area contributed by atoms with Crippen molar-refractivity contribution in [3.8, 4) is 0 Å². The van der Waals surface area contributed by atoms with E-state index in [9.17, 15) is 4.79 Å². The summed E-state index contributed by atoms with van der Waals surface area (Å²) in [6.45, 7) is 7.48. The van der Waals surface area contributed by atoms with Crippen LogP contribution in [0.15, 0.2) is 17.1 Å². The Labute approximate surface area is 150 Å². The van der Waals surface area contributed by atoms with Crippen LogP contribution in [0.1, 0.15) is 19.8 Å². The molecule has 0 fully saturated rings. The van der Waals surface area contributed by atoms with Crippen LogP contribution in [0.2, 0.25) is 0 Å². The van der Waals surface area contributed by atoms with Gasteiger partial charge in [-0.3, -0.25) is 4.79 Å². The quantitative estimate of drug-likeness (QED) is 0.194. The summed E-state index contributed by atoms with van der Waals surface area (Å²) in [5.41, 5.74) is 1.03. The van der Waals surface area contributed by atoms with Gasteiger partial charge in [0.2, 0.25) is 5.91 Å². The van der Waals surface area contributed by atoms with Crippen molar-refractivity contribution >= 4 is 47.6 Å². The molecular weight excluding hydrogens is 399 g/mol. The van der Waals surface area contributed by atoms with Crippen molar-refractivity contribution in [1.29, 1.82) is 0 Å². The zero-order valence-electron chi connectivity index (χ0n) is 13.6. The highest BCUT2D eigenvalue weighted by Gasteiger charge is 2.04. The smallest absolute Gasteiger partial charge is 0.243 e. The fourth-order valence-electron chi connectivity index (χ4n) is 1.28. The summed E-state index contributed by atoms with van der Waals surface area (Å²) in [5.74, 6) is 1.84. The first-order valence-electron chi connectivity index (χ1n) is 6.83. The van der Waals surface area contributed by atoms with Crippen LogP contribution in [-0.4, -0.2) is 62.5 Å². The Morgan fingerprint density at radius 2 is 1.95 bits per heavy atom. The van der Waals surface area contributed by atoms with E-state index in [4.69, 9.17) is 0 Å². The molecule has 0 radical (unpaired) electrons. The zero-order chi connectivity index (χ0) is 15.4. The number of carbonyl (C=O) groups is 1. The standard InChI is InChI=1S/C14H28N4OS.HI/c1-12(2)10-16-14(15-8-6-7-9-20-5)17-11-13(19)18(3)4;/h1,6-11H2,2-5H3,(H2,15,16,17);1H. The van der Waals surface area contributed by atoms with E-state index in [0.29, 0.717) is 12.5 Å². The Hall–Kier alpha value is -0.440. The second kappa shape index (κ2) is 14.5. The Balaban J connectivity index is 0. The number of nitrogens with zero attached hydrogens (tertiary/aromatic N) is 2. The van der Waals surface area contributed by atoms with Gasteiger partial charge in [-0.1, -0.05) is 12.2 Å². The molecule has 0 bridgehead atoms. The number of halogens is 1. The normalized spacial score (nSPS) is 10.6. The first-order chi connectivity index (χ1) is 9.47. The minimum absolute atomic E-state index is 0. The number of carbonyl (C=O) groups excluding carboxylic acids is 1. The van der Waals surface area contributed by atoms with Crippen LogP contribution in [0.4, 0.5) is 0 Å². The average molecular weight is 428 g/mol. The van der Waals surface area contributed by atoms with Gasteiger partial charge < -0.3 is 15.5 Å². The lowest BCUT2D eigenvalue weighted by atomic mass is 10.3. The summed E-state index contributed by atoms with van der Waals surface area (Å²) >= 11 is 1.86. The number of likely N-dealkylation sites (N-methyl/N-ethyl adjacent to an activating group) is 1. The third kappa shape index (κ3) is 14.3. The van der Waals surface area contributed by atoms with E-state index in [1.165, 1.54) is 12.2 Å². The molecule has 0 rings (SSSR count). The van der Waals surface area contributed by atoms with E-state index in [1.807, 2.05) is 18.7 Å². The maximum Gasteiger partial charge on any atom is 0.243 e. The van der Waals surface area contributed by atoms with Crippen molar-refractivity contribution in [2.75, 3.05) is 45.7 Å². The monoisotopic (exact) mass is 428 g/mol. The van der Waals surface area contributed by atoms with Crippen LogP contribution in [-0.2, 0) is 4.79 Å². The number of hydrogen-bond acceptors (Lipinski definition) is 3. The predicted octanol–water partition coefficient (Wildman–Crippen LogP) is 1.95. The molecule has 2 N–H and O–H groups in total. The molecule has 5 nitrogen and oxygen atoms in total. The Bertz CT molecular complexity index is 335. The van der Waals surface area contributed by atoms with Crippen molar-refractivity contribution in [1.82, 2.24) is 15.5 Å². The summed E-state index contributed by atoms with van der Waals surface area (Å²) in [6, 6.07) is 0. The van der Waals surface area contributed by atoms with E-state index >= 15 is 0 Å². The van der Waals surface area contributed by atoms with Gasteiger partial charge in [-0.05, 0) is 31.8 Å². The molecule has 0 aromatic rings. The second-order valence-corrected chi connectivity index (χ2v) is 5.88. The highest BCUT2D eigenvalue weighted by atomic mass is 127. The lowest BCUT2D eigenvalue weighted by molar-refractivity contribution is -0.127. The zero-order valence-corrected chi connectivity index (χ0v) is 16.7. The first kappa shape index (κ1) is 22.8. The molecule has 0 saturated heterocycles. The van der Waals surface area contributed by atoms with Gasteiger partial charge in [-0.2, -0.15) is 11.8 Å². The largest absolute Gasteiger partial charge is 0.356 e. The van der Waals surface area contributed by atoms with Gasteiger partial charge in [0.05, 0.1) is 0 Å². The molecule has 0 heterocycles. The van der Waals surface area contributed by atoms with Gasteiger partial charge in [-0.15, -0.1) is 24.0 Å². The van der Waals surface area contributed by atoms with E-state index in [1.54, 1.807) is 19.0 Å². The van der Waals surface area contributed by atoms with Crippen LogP contribution in [0, 0.1) is 0 Å². The maximum atomic E-state index is 11.5. The fraction of sp³-hybridized carbons (Fsp3) is 0.714. The molecule has 21 heavy (non-hydrogen) atoms. The van der Waals surface area contributed by atoms with E-state index in [2.05, 4.69) is 28.5 Å². The Kier molecular flexibility index (Phi) is 15.8. The number of hydrogen-bond donors (Lipinski definition) is 2. The molecule has 0 unspecified atom stereocenters. The second-order valence-electron chi connectivity index (χ2n) is 4.89. The molecule has 0 saturated carbocycles. The van der Waals surface area contributed by atoms with Gasteiger partial charge in [0.1, 0.15) is 6.54 Å². The SMILES string of the molecule is C=C(C)CNC(=NCC(=O)N(C)C)NCCCCSC.I. The summed E-state index contributed by atoms with van der Waals surface area (Å²) in [5, 5.41) is 6.41. The van der Waals surface area contributed by atoms with E-state index in [-0.39, 0.29) is 36.4 Å². The van der Waals surface area contributed by atoms with Crippen molar-refractivity contribution < 1.29 is 4.79 Å². The summed E-state index contributed by atoms with van der Waals surface area (Å²) in [7, 11) is 3.46. The molecule has 0 aliphatic heterocycles. The highest BCUT2D eigenvalue weighted by molar-refractivity contribution is 14.0. The minimum Gasteiger partial charge on any atom is -0.356 e. The number of unbranched alkanes of at least 4 members (excludes halogenated alkanes) is 1. The molecule has 0 aliphatic carbocycles. The average Bonchev–Trinajstić information content (AvgIpc) is 2.39. The molecule has 0 atom stereocenters. The molecule has 0 spiro atoms. The first-order valence-corrected chi connectivity index (χ1v) is 8.22. The van der Waals surface area contributed by atoms with Crippen LogP contribution in [0.5, 0.6) is 0 Å². The van der Waals surface area contributed by atoms with Crippen molar-refractivity contribution in [3.05, 3.63) is 12.2 Å². The van der Waals surface area contributed by atoms with Crippen molar-refractivity contribution in [2.45, 2.75) is 19.8 Å². The summed E-state index contributed by atoms with van der Waals surface area (Å²) < 4.78 is 0. The van der Waals surface area contributed by atoms with Crippen molar-refractivity contribution in [2.24, 2.45) is 4.99 Å². The van der Waals surface area contributed by atoms with Gasteiger partial charge in [0.15, 0.2) is 5.96 Å². The summed E-state index contributed by atoms with van der Waals surface area (Å²) in [6.07, 6.45) is 4.39. The number of thioether (sulfide) groups is 1.